The Balaban J connectivity index is 0.000000169. The van der Waals surface area contributed by atoms with Gasteiger partial charge < -0.3 is 72.0 Å². The Morgan fingerprint density at radius 3 is 1.35 bits per heavy atom. The van der Waals surface area contributed by atoms with Gasteiger partial charge in [0.2, 0.25) is 0 Å². The van der Waals surface area contributed by atoms with Crippen molar-refractivity contribution in [3.8, 4) is 56.5 Å². The molecule has 26 nitrogen and oxygen atoms in total. The topological polar surface area (TPSA) is 371 Å². The van der Waals surface area contributed by atoms with E-state index in [0.29, 0.717) is 110 Å². The van der Waals surface area contributed by atoms with E-state index in [1.54, 1.807) is 104 Å². The first-order valence-electron chi connectivity index (χ1n) is 40.9. The predicted octanol–water partition coefficient (Wildman–Crippen LogP) is 20.2. The minimum Gasteiger partial charge on any atom is -0.410 e. The van der Waals surface area contributed by atoms with Crippen LogP contribution in [0.4, 0.5) is 54.5 Å². The average Bonchev–Trinajstić information content (AvgIpc) is 0.730. The van der Waals surface area contributed by atoms with E-state index in [1.807, 2.05) is 191 Å². The van der Waals surface area contributed by atoms with E-state index in [-0.39, 0.29) is 30.1 Å². The number of aryl methyl sites for hydroxylation is 7. The lowest BCUT2D eigenvalue weighted by Crippen LogP contribution is -2.45. The summed E-state index contributed by atoms with van der Waals surface area (Å²) in [7, 11) is 0. The molecule has 27 heteroatoms. The Hall–Kier alpha value is -14.3. The Morgan fingerprint density at radius 2 is 0.929 bits per heavy atom. The Morgan fingerprint density at radius 1 is 0.520 bits per heavy atom. The number of rotatable bonds is 17. The van der Waals surface area contributed by atoms with Crippen molar-refractivity contribution < 1.29 is 53.5 Å². The largest absolute Gasteiger partial charge is 0.417 e. The molecule has 0 spiro atoms. The van der Waals surface area contributed by atoms with Crippen molar-refractivity contribution in [1.29, 1.82) is 0 Å². The van der Waals surface area contributed by atoms with Crippen LogP contribution in [0.25, 0.3) is 60.3 Å². The molecule has 0 saturated carbocycles. The van der Waals surface area contributed by atoms with Crippen molar-refractivity contribution in [2.75, 3.05) is 53.7 Å². The minimum absolute atomic E-state index is 0.0799. The predicted molar refractivity (Wildman–Crippen MR) is 503 cm³/mol. The lowest BCUT2D eigenvalue weighted by atomic mass is 9.70. The molecular weight excluding hydrogens is 1670 g/mol. The lowest BCUT2D eigenvalue weighted by molar-refractivity contribution is 0.0691. The summed E-state index contributed by atoms with van der Waals surface area (Å²) >= 11 is 3.53. The molecule has 0 fully saturated rings. The molecule has 14 rings (SSSR count). The van der Waals surface area contributed by atoms with E-state index in [9.17, 15) is 39.3 Å². The van der Waals surface area contributed by atoms with E-state index in [1.165, 1.54) is 5.57 Å². The molecule has 0 radical (unpaired) electrons. The van der Waals surface area contributed by atoms with Crippen molar-refractivity contribution >= 4 is 91.6 Å². The van der Waals surface area contributed by atoms with Crippen LogP contribution < -0.4 is 52.8 Å². The lowest BCUT2D eigenvalue weighted by Gasteiger charge is -2.40. The van der Waals surface area contributed by atoms with Crippen LogP contribution in [0, 0.1) is 61.6 Å². The highest BCUT2D eigenvalue weighted by atomic mass is 79.9. The number of nitrogens with two attached hydrogens (primary N) is 2. The first-order valence-corrected chi connectivity index (χ1v) is 41.7. The van der Waals surface area contributed by atoms with Crippen molar-refractivity contribution in [1.82, 2.24) is 40.9 Å². The summed E-state index contributed by atoms with van der Waals surface area (Å²) in [6.07, 6.45) is 3.34. The summed E-state index contributed by atoms with van der Waals surface area (Å²) in [5, 5.41) is 47.2. The number of aromatic nitrogens is 5. The molecule has 12 aromatic rings. The molecule has 6 amide bonds. The fourth-order valence-electron chi connectivity index (χ4n) is 13.6. The number of nitrogens with one attached hydrogen (secondary N) is 6. The SMILES string of the molecule is Cc1cc(N)c(-c2ccccc2)nc1C(=O)NCC(C)(C)O.Cc1ccc(OC(=O)Nc2cc(C)c(C(=O)NCC(C)(C)O)nc2-c2ccccc2)cc1.Cc1cnc(C2=CCOCC2)c(N)c1.[C-]#[N+]c1nc(-c2ccccc2)c(NC(=O)NC2c3ccc(Br)cc3C(C)(C)C[C@H]2O)cc1C.[C-]#[N+]c1nc(-c2ccccc2)c(NC(=O)Oc2ccc(C)cc2)cc1C. The van der Waals surface area contributed by atoms with E-state index < -0.39 is 47.5 Å². The van der Waals surface area contributed by atoms with Gasteiger partial charge in [-0.15, -0.1) is 9.97 Å². The third-order valence-electron chi connectivity index (χ3n) is 20.0. The summed E-state index contributed by atoms with van der Waals surface area (Å²) in [5.41, 5.74) is 28.2. The third kappa shape index (κ3) is 27.1. The fraction of sp³-hybridized carbons (Fsp3) is 0.240. The molecule has 2 atom stereocenters. The van der Waals surface area contributed by atoms with Crippen molar-refractivity contribution in [3.05, 3.63) is 325 Å². The monoisotopic (exact) mass is 1770 g/mol. The van der Waals surface area contributed by atoms with Gasteiger partial charge in [-0.2, -0.15) is 0 Å². The molecule has 652 valence electrons. The zero-order valence-electron chi connectivity index (χ0n) is 73.1. The van der Waals surface area contributed by atoms with Crippen LogP contribution in [0.5, 0.6) is 11.5 Å². The Labute approximate surface area is 748 Å². The highest BCUT2D eigenvalue weighted by Gasteiger charge is 2.40. The number of nitrogen functional groups attached to an aromatic ring is 2. The number of halogens is 1. The molecule has 7 aromatic carbocycles. The third-order valence-corrected chi connectivity index (χ3v) is 20.5. The Kier molecular flexibility index (Phi) is 32.4. The number of aliphatic hydroxyl groups is 3. The van der Waals surface area contributed by atoms with Crippen LogP contribution in [0.1, 0.15) is 137 Å². The van der Waals surface area contributed by atoms with E-state index in [2.05, 4.69) is 108 Å². The molecule has 5 aromatic heterocycles. The maximum absolute atomic E-state index is 13.1. The van der Waals surface area contributed by atoms with Crippen LogP contribution in [-0.4, -0.2) is 114 Å². The van der Waals surface area contributed by atoms with Crippen LogP contribution in [0.2, 0.25) is 0 Å². The number of carbonyl (C=O) groups is 5. The summed E-state index contributed by atoms with van der Waals surface area (Å²) in [6.45, 7) is 40.0. The summed E-state index contributed by atoms with van der Waals surface area (Å²) in [6, 6.07) is 65.7. The smallest absolute Gasteiger partial charge is 0.410 e. The number of carbonyl (C=O) groups excluding carboxylic acids is 5. The van der Waals surface area contributed by atoms with E-state index in [4.69, 9.17) is 38.8 Å². The van der Waals surface area contributed by atoms with Crippen LogP contribution in [-0.2, 0) is 10.2 Å². The summed E-state index contributed by atoms with van der Waals surface area (Å²) < 4.78 is 16.9. The molecular formula is C100H104BrN15O11. The minimum atomic E-state index is -1.05. The molecule has 1 unspecified atom stereocenters. The van der Waals surface area contributed by atoms with E-state index >= 15 is 0 Å². The number of urea groups is 1. The number of fused-ring (bicyclic) bond motifs is 1. The van der Waals surface area contributed by atoms with Crippen molar-refractivity contribution in [2.45, 2.75) is 132 Å². The zero-order valence-corrected chi connectivity index (χ0v) is 74.7. The number of pyridine rings is 5. The number of hydrogen-bond donors (Lipinski definition) is 11. The van der Waals surface area contributed by atoms with Crippen LogP contribution >= 0.6 is 15.9 Å². The molecule has 0 bridgehead atoms. The van der Waals surface area contributed by atoms with Crippen LogP contribution in [0.15, 0.2) is 235 Å². The molecule has 13 N–H and O–H groups in total. The quantitative estimate of drug-likeness (QED) is 0.0377. The number of hydrogen-bond acceptors (Lipinski definition) is 18. The van der Waals surface area contributed by atoms with Crippen LogP contribution in [0.3, 0.4) is 0 Å². The van der Waals surface area contributed by atoms with Crippen molar-refractivity contribution in [2.24, 2.45) is 0 Å². The van der Waals surface area contributed by atoms with E-state index in [0.717, 1.165) is 79.0 Å². The summed E-state index contributed by atoms with van der Waals surface area (Å²) in [4.78, 5) is 92.1. The fourth-order valence-corrected chi connectivity index (χ4v) is 13.9. The standard InChI is InChI=1S/C26H25BrN4O2.C25H27N3O4.C21H17N3O2.C17H21N3O2.C11H14N2O/c1-15-12-20(22(30-24(15)28-4)16-8-6-5-7-9-16)29-25(33)31-23-18-11-10-17(27)13-19(18)26(2,3)14-21(23)32;1-16-10-12-19(13-11-16)32-24(30)27-20-14-17(2)21(23(29)26-15-25(3,4)31)28-22(20)18-8-6-5-7-9-18;1-14-9-11-17(12-10-14)26-21(25)23-18-13-15(2)20(22-3)24-19(18)16-7-5-4-6-8-16;1-11-9-13(18)15(12-7-5-4-6-8-12)20-14(11)16(21)19-10-17(2,3)22;1-8-6-10(12)11(13-7-8)9-2-4-14-5-3-9/h5-13,21,23,32H,14H2,1-3H3,(H2,29,31,33);5-14,31H,15H2,1-4H3,(H,26,29)(H,27,30);4-13H,1-2H3,(H,23,25);4-9,22H,10,18H2,1-3H3,(H,19,21);2,6-7H,3-5,12H2,1H3/t21-,23?;;;;/m1..../s1. The Bertz CT molecular complexity index is 6040. The number of anilines is 5. The van der Waals surface area contributed by atoms with Gasteiger partial charge in [0.1, 0.15) is 22.9 Å². The average molecular weight is 1770 g/mol. The first-order chi connectivity index (χ1) is 60.4. The second-order valence-electron chi connectivity index (χ2n) is 32.5. The van der Waals surface area contributed by atoms with Gasteiger partial charge in [-0.3, -0.25) is 25.2 Å². The van der Waals surface area contributed by atoms with Gasteiger partial charge in [0.05, 0.1) is 82.1 Å². The second kappa shape index (κ2) is 43.3. The molecule has 0 saturated heterocycles. The molecule has 127 heavy (non-hydrogen) atoms. The number of nitrogens with zero attached hydrogens (tertiary/aromatic N) is 7. The number of aliphatic hydroxyl groups excluding tert-OH is 1. The molecule has 1 aliphatic heterocycles. The molecule has 2 aliphatic rings. The number of benzene rings is 7. The van der Waals surface area contributed by atoms with Gasteiger partial charge >= 0.3 is 18.2 Å². The summed E-state index contributed by atoms with van der Waals surface area (Å²) in [5.74, 6) is 0.747. The van der Waals surface area contributed by atoms with Gasteiger partial charge in [0, 0.05) is 46.0 Å². The maximum atomic E-state index is 13.1. The molecule has 1 aliphatic carbocycles. The van der Waals surface area contributed by atoms with Gasteiger partial charge in [0.25, 0.3) is 23.5 Å². The zero-order chi connectivity index (χ0) is 91.9. The van der Waals surface area contributed by atoms with Gasteiger partial charge in [-0.25, -0.2) is 24.4 Å². The second-order valence-corrected chi connectivity index (χ2v) is 33.4. The molecule has 6 heterocycles. The normalized spacial score (nSPS) is 13.5. The van der Waals surface area contributed by atoms with Crippen molar-refractivity contribution in [3.63, 3.8) is 0 Å². The highest BCUT2D eigenvalue weighted by Crippen LogP contribution is 2.44. The number of ether oxygens (including phenoxy) is 3. The first kappa shape index (κ1) is 94.9. The van der Waals surface area contributed by atoms with Gasteiger partial charge in [-0.05, 0) is 206 Å². The maximum Gasteiger partial charge on any atom is 0.417 e. The highest BCUT2D eigenvalue weighted by molar-refractivity contribution is 9.10. The number of amides is 6. The van der Waals surface area contributed by atoms with Gasteiger partial charge in [0.15, 0.2) is 11.4 Å². The van der Waals surface area contributed by atoms with Gasteiger partial charge in [-0.1, -0.05) is 212 Å².